The Morgan fingerprint density at radius 1 is 1.60 bits per heavy atom. The van der Waals surface area contributed by atoms with Gasteiger partial charge in [-0.2, -0.15) is 4.98 Å². The summed E-state index contributed by atoms with van der Waals surface area (Å²) < 4.78 is 7.01. The van der Waals surface area contributed by atoms with Crippen LogP contribution in [-0.4, -0.2) is 54.0 Å². The number of nitrogens with one attached hydrogen (secondary N) is 1. The molecule has 0 radical (unpaired) electrons. The van der Waals surface area contributed by atoms with Crippen LogP contribution in [0.2, 0.25) is 0 Å². The predicted octanol–water partition coefficient (Wildman–Crippen LogP) is -2.48. The van der Waals surface area contributed by atoms with Gasteiger partial charge in [-0.3, -0.25) is 14.3 Å². The van der Waals surface area contributed by atoms with E-state index in [2.05, 4.69) is 15.0 Å². The summed E-state index contributed by atoms with van der Waals surface area (Å²) in [7, 11) is 0. The minimum atomic E-state index is -0.771. The molecule has 0 unspecified atom stereocenters. The molecule has 1 fully saturated rings. The maximum Gasteiger partial charge on any atom is 0.280 e. The number of rotatable bonds is 2. The fraction of sp³-hybridized carbons (Fsp3) is 0.500. The van der Waals surface area contributed by atoms with Gasteiger partial charge in [0.25, 0.3) is 5.56 Å². The smallest absolute Gasteiger partial charge is 0.280 e. The highest BCUT2D eigenvalue weighted by atomic mass is 16.5. The number of ether oxygens (including phenoxy) is 1. The molecule has 1 aliphatic heterocycles. The van der Waals surface area contributed by atoms with Gasteiger partial charge in [0.05, 0.1) is 19.0 Å². The van der Waals surface area contributed by atoms with Gasteiger partial charge in [0, 0.05) is 6.42 Å². The van der Waals surface area contributed by atoms with Gasteiger partial charge >= 0.3 is 0 Å². The molecular weight excluding hydrogens is 270 g/mol. The second kappa shape index (κ2) is 5.17. The number of aromatic amines is 1. The lowest BCUT2D eigenvalue weighted by molar-refractivity contribution is -0.0432. The molecule has 3 atom stereocenters. The highest BCUT2D eigenvalue weighted by Gasteiger charge is 2.35. The molecule has 1 saturated heterocycles. The Kier molecular flexibility index (Phi) is 3.72. The van der Waals surface area contributed by atoms with Crippen molar-refractivity contribution in [2.75, 3.05) is 12.3 Å². The Balaban J connectivity index is 0.00000147. The summed E-state index contributed by atoms with van der Waals surface area (Å²) in [6.45, 7) is -0.277. The maximum absolute atomic E-state index is 11.6. The van der Waals surface area contributed by atoms with Crippen molar-refractivity contribution in [1.29, 1.82) is 0 Å². The lowest BCUT2D eigenvalue weighted by atomic mass is 10.2. The molecule has 3 heterocycles. The number of nitrogen functional groups attached to an aromatic ring is 1. The molecule has 10 nitrogen and oxygen atoms in total. The van der Waals surface area contributed by atoms with Crippen LogP contribution in [0, 0.1) is 0 Å². The molecule has 110 valence electrons. The van der Waals surface area contributed by atoms with Crippen molar-refractivity contribution in [3.05, 3.63) is 16.7 Å². The van der Waals surface area contributed by atoms with Gasteiger partial charge in [0.1, 0.15) is 12.3 Å². The molecular formula is C10H15N5O5. The van der Waals surface area contributed by atoms with Crippen molar-refractivity contribution in [2.24, 2.45) is 0 Å². The summed E-state index contributed by atoms with van der Waals surface area (Å²) in [6.07, 6.45) is -0.270. The third kappa shape index (κ3) is 2.14. The lowest BCUT2D eigenvalue weighted by Gasteiger charge is -2.13. The summed E-state index contributed by atoms with van der Waals surface area (Å²) in [5, 5.41) is 18.8. The number of hydrogen-bond acceptors (Lipinski definition) is 7. The molecule has 10 heteroatoms. The first-order valence-electron chi connectivity index (χ1n) is 5.77. The average molecular weight is 285 g/mol. The zero-order valence-electron chi connectivity index (χ0n) is 10.4. The van der Waals surface area contributed by atoms with E-state index in [0.29, 0.717) is 0 Å². The molecule has 0 bridgehead atoms. The highest BCUT2D eigenvalue weighted by molar-refractivity contribution is 5.70. The van der Waals surface area contributed by atoms with Crippen LogP contribution in [0.4, 0.5) is 5.95 Å². The maximum atomic E-state index is 11.6. The molecule has 0 aliphatic carbocycles. The van der Waals surface area contributed by atoms with E-state index >= 15 is 0 Å². The Bertz CT molecular complexity index is 668. The van der Waals surface area contributed by atoms with Gasteiger partial charge in [-0.05, 0) is 0 Å². The van der Waals surface area contributed by atoms with Crippen molar-refractivity contribution < 1.29 is 20.4 Å². The second-order valence-electron chi connectivity index (χ2n) is 4.39. The molecule has 2 aromatic heterocycles. The zero-order valence-corrected chi connectivity index (χ0v) is 10.4. The van der Waals surface area contributed by atoms with Gasteiger partial charge in [-0.15, -0.1) is 0 Å². The number of aliphatic hydroxyl groups excluding tert-OH is 2. The number of anilines is 1. The lowest BCUT2D eigenvalue weighted by Crippen LogP contribution is -2.24. The molecule has 1 aliphatic rings. The van der Waals surface area contributed by atoms with Crippen LogP contribution in [0.5, 0.6) is 0 Å². The van der Waals surface area contributed by atoms with Crippen LogP contribution in [-0.2, 0) is 4.74 Å². The molecule has 0 amide bonds. The molecule has 20 heavy (non-hydrogen) atoms. The van der Waals surface area contributed by atoms with Crippen molar-refractivity contribution in [3.8, 4) is 0 Å². The Morgan fingerprint density at radius 3 is 3.00 bits per heavy atom. The minimum Gasteiger partial charge on any atom is -0.412 e. The SMILES string of the molecule is Nc1nc2c(ncn2[C@@H]2C[C@@H](O)[C@H](CO)O2)c(=O)[nH]1.O. The van der Waals surface area contributed by atoms with E-state index in [1.807, 2.05) is 0 Å². The summed E-state index contributed by atoms with van der Waals surface area (Å²) in [5.41, 5.74) is 5.50. The largest absolute Gasteiger partial charge is 0.412 e. The number of aliphatic hydroxyl groups is 2. The first-order valence-corrected chi connectivity index (χ1v) is 5.77. The number of nitrogens with two attached hydrogens (primary N) is 1. The molecule has 2 aromatic rings. The van der Waals surface area contributed by atoms with Gasteiger partial charge in [-0.1, -0.05) is 0 Å². The fourth-order valence-electron chi connectivity index (χ4n) is 2.20. The summed E-state index contributed by atoms with van der Waals surface area (Å²) >= 11 is 0. The number of imidazole rings is 1. The van der Waals surface area contributed by atoms with Gasteiger partial charge in [0.2, 0.25) is 5.95 Å². The molecule has 0 spiro atoms. The fourth-order valence-corrected chi connectivity index (χ4v) is 2.20. The number of fused-ring (bicyclic) bond motifs is 1. The van der Waals surface area contributed by atoms with Crippen LogP contribution in [0.15, 0.2) is 11.1 Å². The van der Waals surface area contributed by atoms with E-state index in [4.69, 9.17) is 15.6 Å². The quantitative estimate of drug-likeness (QED) is 0.473. The van der Waals surface area contributed by atoms with Crippen LogP contribution < -0.4 is 11.3 Å². The predicted molar refractivity (Wildman–Crippen MR) is 67.8 cm³/mol. The van der Waals surface area contributed by atoms with E-state index in [1.54, 1.807) is 0 Å². The Labute approximate surface area is 112 Å². The van der Waals surface area contributed by atoms with E-state index in [-0.39, 0.29) is 35.6 Å². The monoisotopic (exact) mass is 285 g/mol. The minimum absolute atomic E-state index is 0. The number of aromatic nitrogens is 4. The van der Waals surface area contributed by atoms with Crippen LogP contribution >= 0.6 is 0 Å². The molecule has 7 N–H and O–H groups in total. The van der Waals surface area contributed by atoms with Gasteiger partial charge in [0.15, 0.2) is 11.2 Å². The van der Waals surface area contributed by atoms with Crippen LogP contribution in [0.3, 0.4) is 0 Å². The van der Waals surface area contributed by atoms with E-state index < -0.39 is 24.0 Å². The first kappa shape index (κ1) is 14.4. The standard InChI is InChI=1S/C10H13N5O4.H2O/c11-10-13-8-7(9(18)14-10)12-3-15(8)6-1-4(17)5(2-16)19-6;/h3-6,16-17H,1-2H2,(H3,11,13,14,18);1H2/t4-,5+,6+;/m1./s1. The number of hydrogen-bond donors (Lipinski definition) is 4. The first-order chi connectivity index (χ1) is 9.10. The zero-order chi connectivity index (χ0) is 13.6. The summed E-state index contributed by atoms with van der Waals surface area (Å²) in [4.78, 5) is 22.0. The van der Waals surface area contributed by atoms with Crippen LogP contribution in [0.1, 0.15) is 12.6 Å². The molecule has 0 aromatic carbocycles. The Hall–Kier alpha value is -2.01. The summed E-state index contributed by atoms with van der Waals surface area (Å²) in [6, 6.07) is 0. The topological polar surface area (TPSA) is 171 Å². The van der Waals surface area contributed by atoms with Gasteiger partial charge < -0.3 is 26.2 Å². The van der Waals surface area contributed by atoms with E-state index in [9.17, 15) is 9.90 Å². The van der Waals surface area contributed by atoms with Crippen molar-refractivity contribution in [3.63, 3.8) is 0 Å². The third-order valence-corrected chi connectivity index (χ3v) is 3.15. The normalized spacial score (nSPS) is 25.8. The van der Waals surface area contributed by atoms with Crippen molar-refractivity contribution in [1.82, 2.24) is 19.5 Å². The number of H-pyrrole nitrogens is 1. The highest BCUT2D eigenvalue weighted by Crippen LogP contribution is 2.30. The third-order valence-electron chi connectivity index (χ3n) is 3.15. The second-order valence-corrected chi connectivity index (χ2v) is 4.39. The van der Waals surface area contributed by atoms with Crippen LogP contribution in [0.25, 0.3) is 11.2 Å². The van der Waals surface area contributed by atoms with Gasteiger partial charge in [-0.25, -0.2) is 4.98 Å². The van der Waals surface area contributed by atoms with Crippen molar-refractivity contribution in [2.45, 2.75) is 24.9 Å². The number of nitrogens with zero attached hydrogens (tertiary/aromatic N) is 3. The molecule has 0 saturated carbocycles. The van der Waals surface area contributed by atoms with Crippen molar-refractivity contribution >= 4 is 17.1 Å². The Morgan fingerprint density at radius 2 is 2.35 bits per heavy atom. The van der Waals surface area contributed by atoms with E-state index in [0.717, 1.165) is 0 Å². The summed E-state index contributed by atoms with van der Waals surface area (Å²) in [5.74, 6) is -0.0171. The average Bonchev–Trinajstić information content (AvgIpc) is 2.92. The molecule has 3 rings (SSSR count). The van der Waals surface area contributed by atoms with E-state index in [1.165, 1.54) is 10.9 Å².